The summed E-state index contributed by atoms with van der Waals surface area (Å²) >= 11 is 0. The number of likely N-dealkylation sites (N-methyl/N-ethyl adjacent to an activating group) is 1. The van der Waals surface area contributed by atoms with Crippen molar-refractivity contribution >= 4 is 24.9 Å². The summed E-state index contributed by atoms with van der Waals surface area (Å²) in [5.41, 5.74) is 1.55. The Bertz CT molecular complexity index is 1340. The third-order valence-electron chi connectivity index (χ3n) is 8.77. The summed E-state index contributed by atoms with van der Waals surface area (Å²) in [7, 11) is 2.94. The molecular weight excluding hydrogens is 512 g/mol. The van der Waals surface area contributed by atoms with Crippen LogP contribution in [0.3, 0.4) is 0 Å². The molecule has 3 aromatic rings. The number of rotatable bonds is 9. The van der Waals surface area contributed by atoms with Crippen molar-refractivity contribution in [2.75, 3.05) is 32.8 Å². The minimum Gasteiger partial charge on any atom is -0.497 e. The number of hydrogen-bond donors (Lipinski definition) is 1. The van der Waals surface area contributed by atoms with Gasteiger partial charge in [-0.2, -0.15) is 0 Å². The van der Waals surface area contributed by atoms with Gasteiger partial charge in [0.25, 0.3) is 5.91 Å². The van der Waals surface area contributed by atoms with E-state index in [1.54, 1.807) is 19.1 Å². The Hall–Kier alpha value is -3.21. The molecular formula is C29H38N4O5Si. The van der Waals surface area contributed by atoms with E-state index in [0.29, 0.717) is 25.1 Å². The van der Waals surface area contributed by atoms with Crippen LogP contribution in [-0.4, -0.2) is 68.1 Å². The van der Waals surface area contributed by atoms with E-state index in [2.05, 4.69) is 42.5 Å². The zero-order valence-corrected chi connectivity index (χ0v) is 24.5. The van der Waals surface area contributed by atoms with Gasteiger partial charge in [-0.3, -0.25) is 9.48 Å². The van der Waals surface area contributed by atoms with Gasteiger partial charge in [0.15, 0.2) is 5.60 Å². The van der Waals surface area contributed by atoms with Crippen molar-refractivity contribution in [2.45, 2.75) is 56.7 Å². The summed E-state index contributed by atoms with van der Waals surface area (Å²) in [5, 5.41) is 19.0. The number of benzene rings is 2. The van der Waals surface area contributed by atoms with E-state index in [1.165, 1.54) is 5.19 Å². The van der Waals surface area contributed by atoms with E-state index >= 15 is 0 Å². The highest BCUT2D eigenvalue weighted by Crippen LogP contribution is 2.60. The molecule has 0 saturated carbocycles. The lowest BCUT2D eigenvalue weighted by atomic mass is 9.82. The summed E-state index contributed by atoms with van der Waals surface area (Å²) in [5.74, 6) is 1.43. The quantitative estimate of drug-likeness (QED) is 0.409. The first-order chi connectivity index (χ1) is 18.7. The number of ether oxygens (including phenoxy) is 3. The second-order valence-corrected chi connectivity index (χ2v) is 15.8. The minimum atomic E-state index is -2.20. The van der Waals surface area contributed by atoms with Crippen LogP contribution >= 0.6 is 0 Å². The second kappa shape index (κ2) is 10.4. The molecule has 39 heavy (non-hydrogen) atoms. The molecule has 1 fully saturated rings. The molecule has 2 aliphatic heterocycles. The average molecular weight is 551 g/mol. The molecule has 0 aliphatic carbocycles. The van der Waals surface area contributed by atoms with Crippen LogP contribution in [0.25, 0.3) is 0 Å². The Morgan fingerprint density at radius 1 is 1.10 bits per heavy atom. The number of carbonyl (C=O) groups excluding carboxylic acids is 1. The lowest BCUT2D eigenvalue weighted by molar-refractivity contribution is -0.145. The Labute approximate surface area is 230 Å². The minimum absolute atomic E-state index is 0.0312. The molecule has 1 aromatic heterocycles. The molecule has 2 aliphatic rings. The van der Waals surface area contributed by atoms with Gasteiger partial charge in [-0.05, 0) is 42.3 Å². The first kappa shape index (κ1) is 27.4. The zero-order valence-electron chi connectivity index (χ0n) is 23.5. The first-order valence-electron chi connectivity index (χ1n) is 13.5. The summed E-state index contributed by atoms with van der Waals surface area (Å²) < 4.78 is 19.8. The standard InChI is InChI=1S/C29H38N4O5Si/c1-19-27(39(5,6)23-10-7-21(36-3)8-11-23)26(13-15-33-18-20(14-16-34)30-31-33)38-29(19)24-17-22(37-4)9-12-25(24)32(2)28(29)35/h7-12,17-19,26-27,34H,13-16H2,1-6H3/t19-,26+,27-,29+/m0/s1. The van der Waals surface area contributed by atoms with Crippen LogP contribution in [-0.2, 0) is 28.1 Å². The number of anilines is 1. The molecule has 9 nitrogen and oxygen atoms in total. The average Bonchev–Trinajstić information content (AvgIpc) is 3.58. The molecule has 1 amide bonds. The van der Waals surface area contributed by atoms with Gasteiger partial charge in [0.05, 0.1) is 39.8 Å². The van der Waals surface area contributed by atoms with Crippen molar-refractivity contribution in [3.63, 3.8) is 0 Å². The van der Waals surface area contributed by atoms with Crippen LogP contribution in [0.1, 0.15) is 24.6 Å². The van der Waals surface area contributed by atoms with Gasteiger partial charge in [0.1, 0.15) is 11.5 Å². The Balaban J connectivity index is 1.56. The maximum atomic E-state index is 14.1. The van der Waals surface area contributed by atoms with E-state index < -0.39 is 13.7 Å². The number of carbonyl (C=O) groups is 1. The molecule has 2 aromatic carbocycles. The van der Waals surface area contributed by atoms with Crippen molar-refractivity contribution in [1.29, 1.82) is 0 Å². The van der Waals surface area contributed by atoms with Gasteiger partial charge in [0, 0.05) is 44.3 Å². The predicted molar refractivity (Wildman–Crippen MR) is 151 cm³/mol. The number of nitrogens with zero attached hydrogens (tertiary/aromatic N) is 4. The predicted octanol–water partition coefficient (Wildman–Crippen LogP) is 3.11. The molecule has 1 N–H and O–H groups in total. The van der Waals surface area contributed by atoms with Crippen LogP contribution in [0, 0.1) is 5.92 Å². The maximum Gasteiger partial charge on any atom is 0.264 e. The van der Waals surface area contributed by atoms with Crippen LogP contribution in [0.2, 0.25) is 18.6 Å². The Morgan fingerprint density at radius 3 is 2.46 bits per heavy atom. The highest BCUT2D eigenvalue weighted by atomic mass is 28.3. The smallest absolute Gasteiger partial charge is 0.264 e. The fourth-order valence-corrected chi connectivity index (χ4v) is 10.8. The lowest BCUT2D eigenvalue weighted by Crippen LogP contribution is -2.51. The number of fused-ring (bicyclic) bond motifs is 2. The Morgan fingerprint density at radius 2 is 1.79 bits per heavy atom. The van der Waals surface area contributed by atoms with Gasteiger partial charge in [-0.15, -0.1) is 5.10 Å². The van der Waals surface area contributed by atoms with Gasteiger partial charge < -0.3 is 24.2 Å². The fraction of sp³-hybridized carbons (Fsp3) is 0.483. The topological polar surface area (TPSA) is 98.9 Å². The number of hydrogen-bond acceptors (Lipinski definition) is 7. The van der Waals surface area contributed by atoms with Crippen molar-refractivity contribution < 1.29 is 24.1 Å². The molecule has 10 heteroatoms. The van der Waals surface area contributed by atoms with Crippen LogP contribution in [0.15, 0.2) is 48.7 Å². The van der Waals surface area contributed by atoms with E-state index in [9.17, 15) is 9.90 Å². The first-order valence-corrected chi connectivity index (χ1v) is 16.5. The van der Waals surface area contributed by atoms with E-state index in [1.807, 2.05) is 48.3 Å². The summed E-state index contributed by atoms with van der Waals surface area (Å²) in [6.45, 7) is 7.56. The monoisotopic (exact) mass is 550 g/mol. The van der Waals surface area contributed by atoms with Crippen molar-refractivity contribution in [2.24, 2.45) is 5.92 Å². The zero-order chi connectivity index (χ0) is 27.9. The molecule has 1 saturated heterocycles. The number of amides is 1. The Kier molecular flexibility index (Phi) is 7.30. The fourth-order valence-electron chi connectivity index (χ4n) is 6.73. The number of aliphatic hydroxyl groups is 1. The molecule has 208 valence electrons. The van der Waals surface area contributed by atoms with Crippen molar-refractivity contribution in [1.82, 2.24) is 15.0 Å². The summed E-state index contributed by atoms with van der Waals surface area (Å²) in [6.07, 6.45) is 2.85. The van der Waals surface area contributed by atoms with Gasteiger partial charge in [-0.1, -0.05) is 42.6 Å². The lowest BCUT2D eigenvalue weighted by Gasteiger charge is -2.37. The van der Waals surface area contributed by atoms with Gasteiger partial charge in [-0.25, -0.2) is 0 Å². The molecule has 0 bridgehead atoms. The van der Waals surface area contributed by atoms with Crippen LogP contribution < -0.4 is 19.6 Å². The van der Waals surface area contributed by atoms with E-state index in [-0.39, 0.29) is 30.1 Å². The second-order valence-electron chi connectivity index (χ2n) is 11.1. The highest BCUT2D eigenvalue weighted by Gasteiger charge is 2.65. The molecule has 0 radical (unpaired) electrons. The summed E-state index contributed by atoms with van der Waals surface area (Å²) in [4.78, 5) is 15.8. The third kappa shape index (κ3) is 4.44. The number of aromatic nitrogens is 3. The number of aliphatic hydroxyl groups excluding tert-OH is 1. The van der Waals surface area contributed by atoms with E-state index in [4.69, 9.17) is 14.2 Å². The van der Waals surface area contributed by atoms with Gasteiger partial charge >= 0.3 is 0 Å². The van der Waals surface area contributed by atoms with Crippen LogP contribution in [0.5, 0.6) is 11.5 Å². The molecule has 5 rings (SSSR count). The van der Waals surface area contributed by atoms with E-state index in [0.717, 1.165) is 22.7 Å². The SMILES string of the molecule is COc1ccc([Si](C)(C)[C@@H]2[C@@H](CCn3cc(CCO)nn3)O[C@]3(C(=O)N(C)c4ccc(OC)cc43)[C@H]2C)cc1. The highest BCUT2D eigenvalue weighted by molar-refractivity contribution is 6.91. The number of methoxy groups -OCH3 is 2. The van der Waals surface area contributed by atoms with Crippen molar-refractivity contribution in [3.8, 4) is 11.5 Å². The molecule has 3 heterocycles. The van der Waals surface area contributed by atoms with Gasteiger partial charge in [0.2, 0.25) is 0 Å². The van der Waals surface area contributed by atoms with Crippen molar-refractivity contribution in [3.05, 3.63) is 59.9 Å². The van der Waals surface area contributed by atoms with Crippen LogP contribution in [0.4, 0.5) is 5.69 Å². The third-order valence-corrected chi connectivity index (χ3v) is 13.1. The number of aryl methyl sites for hydroxylation is 1. The molecule has 4 atom stereocenters. The maximum absolute atomic E-state index is 14.1. The summed E-state index contributed by atoms with van der Waals surface area (Å²) in [6, 6.07) is 14.2. The molecule has 1 spiro atoms. The normalized spacial score (nSPS) is 24.4. The largest absolute Gasteiger partial charge is 0.497 e. The molecule has 0 unspecified atom stereocenters.